The first kappa shape index (κ1) is 10.3. The van der Waals surface area contributed by atoms with Crippen LogP contribution in [0.1, 0.15) is 5.69 Å². The van der Waals surface area contributed by atoms with Crippen molar-refractivity contribution in [2.75, 3.05) is 7.11 Å². The molecule has 1 rings (SSSR count). The minimum Gasteiger partial charge on any atom is -0.494 e. The molecule has 13 heavy (non-hydrogen) atoms. The Morgan fingerprint density at radius 3 is 2.46 bits per heavy atom. The fraction of sp³-hybridized carbons (Fsp3) is 0.286. The summed E-state index contributed by atoms with van der Waals surface area (Å²) in [7, 11) is 1.17. The highest BCUT2D eigenvalue weighted by Gasteiger charge is 2.36. The minimum atomic E-state index is -4.49. The van der Waals surface area contributed by atoms with E-state index in [-0.39, 0.29) is 10.4 Å². The van der Waals surface area contributed by atoms with Gasteiger partial charge in [-0.2, -0.15) is 13.2 Å². The van der Waals surface area contributed by atoms with Gasteiger partial charge in [0.25, 0.3) is 0 Å². The van der Waals surface area contributed by atoms with Gasteiger partial charge < -0.3 is 4.74 Å². The summed E-state index contributed by atoms with van der Waals surface area (Å²) in [4.78, 5) is 3.28. The van der Waals surface area contributed by atoms with Gasteiger partial charge in [0.05, 0.1) is 7.11 Å². The summed E-state index contributed by atoms with van der Waals surface area (Å²) in [5, 5.41) is 0. The van der Waals surface area contributed by atoms with E-state index in [2.05, 4.69) is 25.7 Å². The van der Waals surface area contributed by atoms with Gasteiger partial charge in [-0.05, 0) is 28.1 Å². The highest BCUT2D eigenvalue weighted by Crippen LogP contribution is 2.35. The molecule has 0 aromatic carbocycles. The molecule has 0 fully saturated rings. The number of halogens is 4. The van der Waals surface area contributed by atoms with Crippen molar-refractivity contribution in [1.82, 2.24) is 4.98 Å². The number of methoxy groups -OCH3 is 1. The number of aromatic nitrogens is 1. The summed E-state index contributed by atoms with van der Waals surface area (Å²) in [5.74, 6) is -0.282. The van der Waals surface area contributed by atoms with E-state index in [0.717, 1.165) is 0 Å². The molecule has 0 saturated heterocycles. The maximum atomic E-state index is 12.3. The molecule has 0 unspecified atom stereocenters. The first-order chi connectivity index (χ1) is 5.95. The third kappa shape index (κ3) is 2.33. The van der Waals surface area contributed by atoms with Gasteiger partial charge in [0.15, 0.2) is 5.69 Å². The monoisotopic (exact) mass is 255 g/mol. The predicted octanol–water partition coefficient (Wildman–Crippen LogP) is 2.87. The van der Waals surface area contributed by atoms with Crippen molar-refractivity contribution in [2.24, 2.45) is 0 Å². The smallest absolute Gasteiger partial charge is 0.437 e. The molecule has 0 N–H and O–H groups in total. The van der Waals surface area contributed by atoms with Crippen molar-refractivity contribution < 1.29 is 17.9 Å². The zero-order valence-corrected chi connectivity index (χ0v) is 8.11. The van der Waals surface area contributed by atoms with Crippen LogP contribution in [0, 0.1) is 0 Å². The lowest BCUT2D eigenvalue weighted by Crippen LogP contribution is -2.10. The third-order valence-electron chi connectivity index (χ3n) is 1.31. The number of nitrogens with zero attached hydrogens (tertiary/aromatic N) is 1. The van der Waals surface area contributed by atoms with E-state index in [0.29, 0.717) is 0 Å². The van der Waals surface area contributed by atoms with Crippen LogP contribution in [0.2, 0.25) is 0 Å². The first-order valence-electron chi connectivity index (χ1n) is 3.23. The normalized spacial score (nSPS) is 11.5. The summed E-state index contributed by atoms with van der Waals surface area (Å²) in [6.07, 6.45) is -4.49. The van der Waals surface area contributed by atoms with Crippen LogP contribution >= 0.6 is 15.9 Å². The van der Waals surface area contributed by atoms with E-state index in [1.807, 2.05) is 0 Å². The lowest BCUT2D eigenvalue weighted by molar-refractivity contribution is -0.142. The summed E-state index contributed by atoms with van der Waals surface area (Å²) >= 11 is 2.85. The number of pyridine rings is 1. The number of ether oxygens (including phenoxy) is 1. The van der Waals surface area contributed by atoms with Gasteiger partial charge in [0.1, 0.15) is 10.4 Å². The van der Waals surface area contributed by atoms with E-state index in [9.17, 15) is 13.2 Å². The van der Waals surface area contributed by atoms with Crippen LogP contribution in [0.4, 0.5) is 13.2 Å². The average molecular weight is 256 g/mol. The van der Waals surface area contributed by atoms with Crippen LogP contribution in [-0.2, 0) is 6.18 Å². The van der Waals surface area contributed by atoms with Crippen molar-refractivity contribution in [2.45, 2.75) is 6.18 Å². The zero-order valence-electron chi connectivity index (χ0n) is 6.52. The number of hydrogen-bond donors (Lipinski definition) is 0. The van der Waals surface area contributed by atoms with Crippen LogP contribution < -0.4 is 4.74 Å². The third-order valence-corrected chi connectivity index (χ3v) is 1.75. The Bertz CT molecular complexity index is 313. The quantitative estimate of drug-likeness (QED) is 0.721. The minimum absolute atomic E-state index is 0.126. The second-order valence-electron chi connectivity index (χ2n) is 2.18. The van der Waals surface area contributed by atoms with Gasteiger partial charge in [-0.1, -0.05) is 0 Å². The molecule has 6 heteroatoms. The van der Waals surface area contributed by atoms with Gasteiger partial charge in [-0.25, -0.2) is 4.98 Å². The molecule has 1 aromatic heterocycles. The predicted molar refractivity (Wildman–Crippen MR) is 43.5 cm³/mol. The average Bonchev–Trinajstić information content (AvgIpc) is 2.03. The largest absolute Gasteiger partial charge is 0.494 e. The van der Waals surface area contributed by atoms with E-state index in [4.69, 9.17) is 0 Å². The van der Waals surface area contributed by atoms with Gasteiger partial charge in [-0.3, -0.25) is 0 Å². The summed E-state index contributed by atoms with van der Waals surface area (Å²) in [5.41, 5.74) is -1.02. The molecule has 0 aliphatic rings. The van der Waals surface area contributed by atoms with Crippen molar-refractivity contribution in [3.05, 3.63) is 22.4 Å². The van der Waals surface area contributed by atoms with Crippen LogP contribution in [0.15, 0.2) is 16.7 Å². The second-order valence-corrected chi connectivity index (χ2v) is 3.00. The van der Waals surface area contributed by atoms with Gasteiger partial charge >= 0.3 is 6.18 Å². The zero-order chi connectivity index (χ0) is 10.1. The summed E-state index contributed by atoms with van der Waals surface area (Å²) in [6, 6.07) is 2.59. The molecule has 0 saturated carbocycles. The lowest BCUT2D eigenvalue weighted by atomic mass is 10.3. The van der Waals surface area contributed by atoms with E-state index >= 15 is 0 Å². The Morgan fingerprint density at radius 1 is 1.38 bits per heavy atom. The maximum Gasteiger partial charge on any atom is 0.437 e. The molecular formula is C7H5BrF3NO. The Morgan fingerprint density at radius 2 is 2.00 bits per heavy atom. The van der Waals surface area contributed by atoms with Crippen LogP contribution in [0.3, 0.4) is 0 Å². The van der Waals surface area contributed by atoms with Crippen molar-refractivity contribution in [3.63, 3.8) is 0 Å². The standard InChI is InChI=1S/C7H5BrF3NO/c1-13-4-2-3-5(8)12-6(4)7(9,10)11/h2-3H,1H3. The number of hydrogen-bond acceptors (Lipinski definition) is 2. The highest BCUT2D eigenvalue weighted by molar-refractivity contribution is 9.10. The van der Waals surface area contributed by atoms with E-state index in [1.54, 1.807) is 0 Å². The molecule has 72 valence electrons. The molecule has 0 spiro atoms. The second kappa shape index (κ2) is 3.53. The van der Waals surface area contributed by atoms with Gasteiger partial charge in [-0.15, -0.1) is 0 Å². The molecule has 0 amide bonds. The molecule has 0 aliphatic carbocycles. The van der Waals surface area contributed by atoms with E-state index < -0.39 is 11.9 Å². The van der Waals surface area contributed by atoms with Gasteiger partial charge in [0.2, 0.25) is 0 Å². The Labute approximate surface area is 80.9 Å². The Balaban J connectivity index is 3.24. The van der Waals surface area contributed by atoms with Crippen LogP contribution in [0.25, 0.3) is 0 Å². The van der Waals surface area contributed by atoms with Crippen LogP contribution in [0.5, 0.6) is 5.75 Å². The molecule has 0 atom stereocenters. The lowest BCUT2D eigenvalue weighted by Gasteiger charge is -2.10. The number of rotatable bonds is 1. The van der Waals surface area contributed by atoms with Crippen molar-refractivity contribution in [3.8, 4) is 5.75 Å². The molecule has 0 bridgehead atoms. The topological polar surface area (TPSA) is 22.1 Å². The molecular weight excluding hydrogens is 251 g/mol. The fourth-order valence-corrected chi connectivity index (χ4v) is 1.10. The summed E-state index contributed by atoms with van der Waals surface area (Å²) < 4.78 is 41.4. The van der Waals surface area contributed by atoms with Crippen molar-refractivity contribution >= 4 is 15.9 Å². The summed E-state index contributed by atoms with van der Waals surface area (Å²) in [6.45, 7) is 0. The molecule has 1 aromatic rings. The first-order valence-corrected chi connectivity index (χ1v) is 4.02. The van der Waals surface area contributed by atoms with Crippen LogP contribution in [-0.4, -0.2) is 12.1 Å². The maximum absolute atomic E-state index is 12.3. The number of alkyl halides is 3. The molecule has 2 nitrogen and oxygen atoms in total. The van der Waals surface area contributed by atoms with Crippen molar-refractivity contribution in [1.29, 1.82) is 0 Å². The molecule has 0 radical (unpaired) electrons. The molecule has 1 heterocycles. The molecule has 0 aliphatic heterocycles. The van der Waals surface area contributed by atoms with Gasteiger partial charge in [0, 0.05) is 0 Å². The van der Waals surface area contributed by atoms with E-state index in [1.165, 1.54) is 19.2 Å². The SMILES string of the molecule is COc1ccc(Br)nc1C(F)(F)F. The fourth-order valence-electron chi connectivity index (χ4n) is 0.790. The Kier molecular flexibility index (Phi) is 2.80. The Hall–Kier alpha value is -0.780. The highest BCUT2D eigenvalue weighted by atomic mass is 79.9.